The summed E-state index contributed by atoms with van der Waals surface area (Å²) in [6.45, 7) is 5.40. The van der Waals surface area contributed by atoms with Crippen LogP contribution in [-0.2, 0) is 10.3 Å². The van der Waals surface area contributed by atoms with Gasteiger partial charge in [-0.25, -0.2) is 0 Å². The quantitative estimate of drug-likeness (QED) is 0.732. The summed E-state index contributed by atoms with van der Waals surface area (Å²) in [5, 5.41) is 21.6. The normalized spacial score (nSPS) is 11.2. The number of phenolic OH excluding ortho intramolecular Hbond substituents is 2. The van der Waals surface area contributed by atoms with Crippen LogP contribution in [0.25, 0.3) is 0 Å². The predicted octanol–water partition coefficient (Wildman–Crippen LogP) is 1.86. The first-order valence-corrected chi connectivity index (χ1v) is 5.19. The van der Waals surface area contributed by atoms with Gasteiger partial charge in [-0.2, -0.15) is 0 Å². The number of benzene rings is 1. The highest BCUT2D eigenvalue weighted by atomic mass is 16.3. The molecule has 3 N–H and O–H groups in total. The lowest BCUT2D eigenvalue weighted by molar-refractivity contribution is -0.122. The van der Waals surface area contributed by atoms with Crippen molar-refractivity contribution in [1.82, 2.24) is 5.32 Å². The fourth-order valence-electron chi connectivity index (χ4n) is 1.47. The maximum Gasteiger partial charge on any atom is 0.220 e. The molecular formula is C12H17NO3. The number of nitrogens with one attached hydrogen (secondary N) is 1. The average molecular weight is 223 g/mol. The SMILES string of the molecule is CCC(=O)NC(C)(C)c1cc(O)cc(O)c1. The predicted molar refractivity (Wildman–Crippen MR) is 61.2 cm³/mol. The molecule has 4 nitrogen and oxygen atoms in total. The fourth-order valence-corrected chi connectivity index (χ4v) is 1.47. The van der Waals surface area contributed by atoms with Gasteiger partial charge < -0.3 is 15.5 Å². The van der Waals surface area contributed by atoms with Crippen molar-refractivity contribution in [3.8, 4) is 11.5 Å². The van der Waals surface area contributed by atoms with Gasteiger partial charge in [0, 0.05) is 12.5 Å². The third-order valence-electron chi connectivity index (χ3n) is 2.40. The van der Waals surface area contributed by atoms with Crippen LogP contribution in [0.15, 0.2) is 18.2 Å². The second kappa shape index (κ2) is 4.43. The van der Waals surface area contributed by atoms with E-state index in [1.165, 1.54) is 18.2 Å². The van der Waals surface area contributed by atoms with E-state index >= 15 is 0 Å². The summed E-state index contributed by atoms with van der Waals surface area (Å²) in [6.07, 6.45) is 0.397. The number of aromatic hydroxyl groups is 2. The Morgan fingerprint density at radius 1 is 1.25 bits per heavy atom. The van der Waals surface area contributed by atoms with E-state index in [9.17, 15) is 15.0 Å². The molecule has 0 spiro atoms. The first kappa shape index (κ1) is 12.4. The number of carbonyl (C=O) groups excluding carboxylic acids is 1. The van der Waals surface area contributed by atoms with Crippen LogP contribution in [0, 0.1) is 0 Å². The topological polar surface area (TPSA) is 69.6 Å². The first-order valence-electron chi connectivity index (χ1n) is 5.19. The van der Waals surface area contributed by atoms with E-state index in [1.54, 1.807) is 6.92 Å². The van der Waals surface area contributed by atoms with Crippen LogP contribution in [0.1, 0.15) is 32.8 Å². The molecule has 0 aliphatic rings. The average Bonchev–Trinajstić information content (AvgIpc) is 2.15. The summed E-state index contributed by atoms with van der Waals surface area (Å²) in [5.74, 6) is -0.115. The van der Waals surface area contributed by atoms with E-state index < -0.39 is 5.54 Å². The van der Waals surface area contributed by atoms with Crippen LogP contribution in [0.5, 0.6) is 11.5 Å². The highest BCUT2D eigenvalue weighted by Gasteiger charge is 2.23. The van der Waals surface area contributed by atoms with Gasteiger partial charge in [-0.15, -0.1) is 0 Å². The highest BCUT2D eigenvalue weighted by molar-refractivity contribution is 5.76. The van der Waals surface area contributed by atoms with Gasteiger partial charge in [0.25, 0.3) is 0 Å². The Balaban J connectivity index is 3.01. The maximum absolute atomic E-state index is 11.3. The van der Waals surface area contributed by atoms with Gasteiger partial charge >= 0.3 is 0 Å². The molecule has 1 amide bonds. The number of hydrogen-bond donors (Lipinski definition) is 3. The number of rotatable bonds is 3. The highest BCUT2D eigenvalue weighted by Crippen LogP contribution is 2.28. The van der Waals surface area contributed by atoms with E-state index in [2.05, 4.69) is 5.32 Å². The number of hydrogen-bond acceptors (Lipinski definition) is 3. The standard InChI is InChI=1S/C12H17NO3/c1-4-11(16)13-12(2,3)8-5-9(14)7-10(15)6-8/h5-7,14-15H,4H2,1-3H3,(H,13,16). The van der Waals surface area contributed by atoms with E-state index in [-0.39, 0.29) is 17.4 Å². The lowest BCUT2D eigenvalue weighted by Gasteiger charge is -2.27. The van der Waals surface area contributed by atoms with Gasteiger partial charge in [0.15, 0.2) is 0 Å². The minimum absolute atomic E-state index is 0.0196. The molecule has 0 radical (unpaired) electrons. The molecule has 0 atom stereocenters. The summed E-state index contributed by atoms with van der Waals surface area (Å²) in [5.41, 5.74) is 0.0374. The smallest absolute Gasteiger partial charge is 0.220 e. The second-order valence-corrected chi connectivity index (χ2v) is 4.26. The molecule has 0 aromatic heterocycles. The summed E-state index contributed by atoms with van der Waals surface area (Å²) in [6, 6.07) is 4.30. The Hall–Kier alpha value is -1.71. The summed E-state index contributed by atoms with van der Waals surface area (Å²) in [7, 11) is 0. The minimum Gasteiger partial charge on any atom is -0.508 e. The third-order valence-corrected chi connectivity index (χ3v) is 2.40. The van der Waals surface area contributed by atoms with Gasteiger partial charge in [0.2, 0.25) is 5.91 Å². The Bertz CT molecular complexity index is 379. The molecule has 0 aliphatic heterocycles. The molecule has 0 heterocycles. The van der Waals surface area contributed by atoms with E-state index in [0.29, 0.717) is 12.0 Å². The van der Waals surface area contributed by atoms with Crippen molar-refractivity contribution in [3.05, 3.63) is 23.8 Å². The lowest BCUT2D eigenvalue weighted by Crippen LogP contribution is -2.40. The van der Waals surface area contributed by atoms with Crippen LogP contribution in [0.4, 0.5) is 0 Å². The van der Waals surface area contributed by atoms with Crippen LogP contribution in [0.2, 0.25) is 0 Å². The Morgan fingerprint density at radius 2 is 1.75 bits per heavy atom. The second-order valence-electron chi connectivity index (χ2n) is 4.26. The molecule has 0 fully saturated rings. The van der Waals surface area contributed by atoms with Crippen molar-refractivity contribution in [1.29, 1.82) is 0 Å². The van der Waals surface area contributed by atoms with Crippen LogP contribution >= 0.6 is 0 Å². The van der Waals surface area contributed by atoms with Crippen LogP contribution in [-0.4, -0.2) is 16.1 Å². The summed E-state index contributed by atoms with van der Waals surface area (Å²) in [4.78, 5) is 11.3. The van der Waals surface area contributed by atoms with E-state index in [1.807, 2.05) is 13.8 Å². The van der Waals surface area contributed by atoms with Gasteiger partial charge in [0.05, 0.1) is 5.54 Å². The molecule has 4 heteroatoms. The maximum atomic E-state index is 11.3. The van der Waals surface area contributed by atoms with Crippen LogP contribution < -0.4 is 5.32 Å². The molecule has 0 unspecified atom stereocenters. The third kappa shape index (κ3) is 2.89. The zero-order chi connectivity index (χ0) is 12.3. The van der Waals surface area contributed by atoms with Crippen molar-refractivity contribution >= 4 is 5.91 Å². The molecule has 88 valence electrons. The molecule has 16 heavy (non-hydrogen) atoms. The Labute approximate surface area is 94.9 Å². The van der Waals surface area contributed by atoms with Gasteiger partial charge in [0.1, 0.15) is 11.5 Å². The molecule has 1 aromatic carbocycles. The Morgan fingerprint density at radius 3 is 2.19 bits per heavy atom. The van der Waals surface area contributed by atoms with E-state index in [0.717, 1.165) is 0 Å². The lowest BCUT2D eigenvalue weighted by atomic mass is 9.93. The molecule has 1 aromatic rings. The zero-order valence-electron chi connectivity index (χ0n) is 9.74. The van der Waals surface area contributed by atoms with Gasteiger partial charge in [-0.05, 0) is 31.5 Å². The minimum atomic E-state index is -0.622. The molecule has 0 bridgehead atoms. The molecule has 1 rings (SSSR count). The van der Waals surface area contributed by atoms with Crippen molar-refractivity contribution < 1.29 is 15.0 Å². The van der Waals surface area contributed by atoms with E-state index in [4.69, 9.17) is 0 Å². The fraction of sp³-hybridized carbons (Fsp3) is 0.417. The van der Waals surface area contributed by atoms with Crippen molar-refractivity contribution in [2.24, 2.45) is 0 Å². The van der Waals surface area contributed by atoms with Crippen LogP contribution in [0.3, 0.4) is 0 Å². The summed E-state index contributed by atoms with van der Waals surface area (Å²) < 4.78 is 0. The Kier molecular flexibility index (Phi) is 3.42. The van der Waals surface area contributed by atoms with Gasteiger partial charge in [-0.3, -0.25) is 4.79 Å². The largest absolute Gasteiger partial charge is 0.508 e. The number of amides is 1. The number of phenols is 2. The molecule has 0 aliphatic carbocycles. The van der Waals surface area contributed by atoms with Crippen molar-refractivity contribution in [2.75, 3.05) is 0 Å². The monoisotopic (exact) mass is 223 g/mol. The van der Waals surface area contributed by atoms with Gasteiger partial charge in [-0.1, -0.05) is 6.92 Å². The van der Waals surface area contributed by atoms with Crippen molar-refractivity contribution in [2.45, 2.75) is 32.7 Å². The first-order chi connectivity index (χ1) is 7.35. The van der Waals surface area contributed by atoms with Crippen molar-refractivity contribution in [3.63, 3.8) is 0 Å². The summed E-state index contributed by atoms with van der Waals surface area (Å²) >= 11 is 0. The molecular weight excluding hydrogens is 206 g/mol. The number of carbonyl (C=O) groups is 1. The molecule has 0 saturated heterocycles. The zero-order valence-corrected chi connectivity index (χ0v) is 9.74. The molecule has 0 saturated carbocycles.